The molecule has 0 aliphatic heterocycles. The zero-order valence-corrected chi connectivity index (χ0v) is 16.2. The Morgan fingerprint density at radius 2 is 2.04 bits per heavy atom. The van der Waals surface area contributed by atoms with Gasteiger partial charge in [-0.25, -0.2) is 4.39 Å². The smallest absolute Gasteiger partial charge is 0.233 e. The van der Waals surface area contributed by atoms with Crippen molar-refractivity contribution in [2.45, 2.75) is 56.0 Å². The minimum Gasteiger partial charge on any atom is -0.352 e. The Hall–Kier alpha value is -1.89. The van der Waals surface area contributed by atoms with Gasteiger partial charge >= 0.3 is 0 Å². The van der Waals surface area contributed by atoms with Gasteiger partial charge in [0.05, 0.1) is 10.8 Å². The summed E-state index contributed by atoms with van der Waals surface area (Å²) in [6.07, 6.45) is 4.63. The Labute approximate surface area is 157 Å². The lowest BCUT2D eigenvalue weighted by Gasteiger charge is -2.30. The zero-order valence-electron chi connectivity index (χ0n) is 15.4. The maximum atomic E-state index is 14.0. The van der Waals surface area contributed by atoms with E-state index in [0.29, 0.717) is 22.5 Å². The first-order chi connectivity index (χ1) is 12.5. The summed E-state index contributed by atoms with van der Waals surface area (Å²) in [5.41, 5.74) is 0.405. The summed E-state index contributed by atoms with van der Waals surface area (Å²) >= 11 is 1.34. The minimum atomic E-state index is -0.336. The van der Waals surface area contributed by atoms with Crippen LogP contribution in [-0.2, 0) is 11.8 Å². The number of halogens is 1. The topological polar surface area (TPSA) is 59.8 Å². The molecule has 5 nitrogen and oxygen atoms in total. The average Bonchev–Trinajstić information content (AvgIpc) is 2.98. The molecule has 1 N–H and O–H groups in total. The molecule has 3 rings (SSSR count). The maximum absolute atomic E-state index is 14.0. The highest BCUT2D eigenvalue weighted by molar-refractivity contribution is 8.00. The van der Waals surface area contributed by atoms with Crippen LogP contribution in [0.2, 0.25) is 0 Å². The van der Waals surface area contributed by atoms with E-state index in [1.165, 1.54) is 37.1 Å². The van der Waals surface area contributed by atoms with Crippen LogP contribution in [-0.4, -0.2) is 32.0 Å². The Morgan fingerprint density at radius 3 is 2.77 bits per heavy atom. The summed E-state index contributed by atoms with van der Waals surface area (Å²) in [5.74, 6) is 0.660. The van der Waals surface area contributed by atoms with E-state index >= 15 is 0 Å². The normalized spacial score (nSPS) is 21.4. The lowest BCUT2D eigenvalue weighted by atomic mass is 9.86. The van der Waals surface area contributed by atoms with E-state index in [2.05, 4.69) is 22.4 Å². The summed E-state index contributed by atoms with van der Waals surface area (Å²) in [6, 6.07) is 6.74. The fourth-order valence-electron chi connectivity index (χ4n) is 3.34. The van der Waals surface area contributed by atoms with Crippen LogP contribution in [0.5, 0.6) is 0 Å². The van der Waals surface area contributed by atoms with Gasteiger partial charge < -0.3 is 9.88 Å². The van der Waals surface area contributed by atoms with Crippen molar-refractivity contribution in [3.63, 3.8) is 0 Å². The van der Waals surface area contributed by atoms with Crippen LogP contribution < -0.4 is 5.32 Å². The van der Waals surface area contributed by atoms with Crippen molar-refractivity contribution in [2.24, 2.45) is 13.0 Å². The molecular formula is C19H25FN4OS. The lowest BCUT2D eigenvalue weighted by Crippen LogP contribution is -2.44. The molecule has 3 atom stereocenters. The molecule has 7 heteroatoms. The second kappa shape index (κ2) is 8.20. The summed E-state index contributed by atoms with van der Waals surface area (Å²) in [6.45, 7) is 4.07. The second-order valence-corrected chi connectivity index (χ2v) is 8.29. The highest BCUT2D eigenvalue weighted by Crippen LogP contribution is 2.28. The monoisotopic (exact) mass is 376 g/mol. The number of carbonyl (C=O) groups is 1. The number of carbonyl (C=O) groups excluding carboxylic acids is 1. The van der Waals surface area contributed by atoms with Crippen LogP contribution in [0.3, 0.4) is 0 Å². The van der Waals surface area contributed by atoms with E-state index in [9.17, 15) is 9.18 Å². The van der Waals surface area contributed by atoms with Gasteiger partial charge in [0.1, 0.15) is 5.82 Å². The molecule has 0 unspecified atom stereocenters. The van der Waals surface area contributed by atoms with Crippen molar-refractivity contribution in [1.82, 2.24) is 20.1 Å². The number of hydrogen-bond donors (Lipinski definition) is 1. The van der Waals surface area contributed by atoms with Gasteiger partial charge in [-0.3, -0.25) is 4.79 Å². The highest BCUT2D eigenvalue weighted by atomic mass is 32.2. The first kappa shape index (κ1) is 18.9. The molecule has 1 heterocycles. The number of rotatable bonds is 5. The van der Waals surface area contributed by atoms with E-state index in [-0.39, 0.29) is 23.0 Å². The predicted octanol–water partition coefficient (Wildman–Crippen LogP) is 3.80. The molecule has 1 aromatic carbocycles. The van der Waals surface area contributed by atoms with Gasteiger partial charge in [-0.15, -0.1) is 10.2 Å². The molecule has 2 aromatic rings. The number of hydrogen-bond acceptors (Lipinski definition) is 4. The van der Waals surface area contributed by atoms with Crippen LogP contribution in [0.15, 0.2) is 29.4 Å². The van der Waals surface area contributed by atoms with Crippen molar-refractivity contribution < 1.29 is 9.18 Å². The molecule has 26 heavy (non-hydrogen) atoms. The van der Waals surface area contributed by atoms with Gasteiger partial charge in [-0.1, -0.05) is 43.7 Å². The molecule has 1 aromatic heterocycles. The summed E-state index contributed by atoms with van der Waals surface area (Å²) in [5, 5.41) is 11.7. The number of thioether (sulfide) groups is 1. The molecule has 140 valence electrons. The summed E-state index contributed by atoms with van der Waals surface area (Å²) in [4.78, 5) is 12.6. The first-order valence-electron chi connectivity index (χ1n) is 9.08. The van der Waals surface area contributed by atoms with Gasteiger partial charge in [-0.05, 0) is 37.8 Å². The fraction of sp³-hybridized carbons (Fsp3) is 0.526. The lowest BCUT2D eigenvalue weighted by molar-refractivity contribution is -0.121. The van der Waals surface area contributed by atoms with Gasteiger partial charge in [-0.2, -0.15) is 0 Å². The van der Waals surface area contributed by atoms with Gasteiger partial charge in [0, 0.05) is 13.1 Å². The Bertz CT molecular complexity index is 779. The van der Waals surface area contributed by atoms with E-state index in [0.717, 1.165) is 6.42 Å². The predicted molar refractivity (Wildman–Crippen MR) is 101 cm³/mol. The first-order valence-corrected chi connectivity index (χ1v) is 9.96. The molecule has 0 bridgehead atoms. The van der Waals surface area contributed by atoms with Crippen molar-refractivity contribution in [3.05, 3.63) is 30.1 Å². The minimum absolute atomic E-state index is 0.0178. The van der Waals surface area contributed by atoms with Crippen molar-refractivity contribution in [1.29, 1.82) is 0 Å². The van der Waals surface area contributed by atoms with Crippen molar-refractivity contribution in [2.75, 3.05) is 0 Å². The van der Waals surface area contributed by atoms with Crippen molar-refractivity contribution >= 4 is 17.7 Å². The van der Waals surface area contributed by atoms with Crippen LogP contribution >= 0.6 is 11.8 Å². The molecule has 0 spiro atoms. The van der Waals surface area contributed by atoms with Gasteiger partial charge in [0.15, 0.2) is 11.0 Å². The fourth-order valence-corrected chi connectivity index (χ4v) is 4.16. The number of amides is 1. The molecule has 1 amide bonds. The average molecular weight is 377 g/mol. The van der Waals surface area contributed by atoms with Crippen LogP contribution in [0, 0.1) is 11.7 Å². The van der Waals surface area contributed by atoms with Gasteiger partial charge in [0.2, 0.25) is 5.91 Å². The van der Waals surface area contributed by atoms with Crippen molar-refractivity contribution in [3.8, 4) is 11.4 Å². The Kier molecular flexibility index (Phi) is 5.96. The number of nitrogens with one attached hydrogen (secondary N) is 1. The third-order valence-corrected chi connectivity index (χ3v) is 6.17. The zero-order chi connectivity index (χ0) is 18.7. The van der Waals surface area contributed by atoms with Crippen LogP contribution in [0.25, 0.3) is 11.4 Å². The molecule has 1 saturated carbocycles. The number of benzene rings is 1. The van der Waals surface area contributed by atoms with Gasteiger partial charge in [0.25, 0.3) is 0 Å². The third-order valence-electron chi connectivity index (χ3n) is 5.04. The molecule has 0 radical (unpaired) electrons. The SMILES string of the molecule is C[C@@H](Sc1nnc(-c2ccccc2F)n1C)C(=O)N[C@H]1CCCC[C@@H]1C. The van der Waals surface area contributed by atoms with E-state index < -0.39 is 0 Å². The van der Waals surface area contributed by atoms with Crippen LogP contribution in [0.1, 0.15) is 39.5 Å². The van der Waals surface area contributed by atoms with E-state index in [4.69, 9.17) is 0 Å². The molecule has 1 aliphatic rings. The molecule has 0 saturated heterocycles. The maximum Gasteiger partial charge on any atom is 0.233 e. The van der Waals surface area contributed by atoms with E-state index in [1.54, 1.807) is 29.8 Å². The molecule has 1 aliphatic carbocycles. The summed E-state index contributed by atoms with van der Waals surface area (Å²) in [7, 11) is 1.79. The highest BCUT2D eigenvalue weighted by Gasteiger charge is 2.26. The number of nitrogens with zero attached hydrogens (tertiary/aromatic N) is 3. The summed E-state index contributed by atoms with van der Waals surface area (Å²) < 4.78 is 15.7. The number of aromatic nitrogens is 3. The largest absolute Gasteiger partial charge is 0.352 e. The van der Waals surface area contributed by atoms with E-state index in [1.807, 2.05) is 6.92 Å². The molecular weight excluding hydrogens is 351 g/mol. The van der Waals surface area contributed by atoms with Crippen LogP contribution in [0.4, 0.5) is 4.39 Å². The second-order valence-electron chi connectivity index (χ2n) is 6.98. The molecule has 1 fully saturated rings. The quantitative estimate of drug-likeness (QED) is 0.807. The third kappa shape index (κ3) is 4.09. The Balaban J connectivity index is 1.67. The standard InChI is InChI=1S/C19H25FN4OS/c1-12-8-4-7-11-16(12)21-18(25)13(2)26-19-23-22-17(24(19)3)14-9-5-6-10-15(14)20/h5-6,9-10,12-13,16H,4,7-8,11H2,1-3H3,(H,21,25)/t12-,13+,16-/m0/s1. The Morgan fingerprint density at radius 1 is 1.31 bits per heavy atom.